The first kappa shape index (κ1) is 16.7. The minimum atomic E-state index is -0.0290. The first-order valence-electron chi connectivity index (χ1n) is 9.05. The zero-order valence-electron chi connectivity index (χ0n) is 15.1. The van der Waals surface area contributed by atoms with Crippen LogP contribution in [0.1, 0.15) is 36.5 Å². The number of hydrogen-bond acceptors (Lipinski definition) is 5. The van der Waals surface area contributed by atoms with Gasteiger partial charge in [0.1, 0.15) is 5.82 Å². The Kier molecular flexibility index (Phi) is 4.39. The molecule has 3 unspecified atom stereocenters. The minimum absolute atomic E-state index is 0.0290. The van der Waals surface area contributed by atoms with Gasteiger partial charge in [-0.1, -0.05) is 31.2 Å². The lowest BCUT2D eigenvalue weighted by Crippen LogP contribution is -2.31. The Bertz CT molecular complexity index is 899. The van der Waals surface area contributed by atoms with Crippen molar-refractivity contribution in [1.29, 1.82) is 0 Å². The Morgan fingerprint density at radius 3 is 2.81 bits per heavy atom. The monoisotopic (exact) mass is 345 g/mol. The Hall–Kier alpha value is -2.79. The number of fused-ring (bicyclic) bond motifs is 1. The summed E-state index contributed by atoms with van der Waals surface area (Å²) in [6.07, 6.45) is 9.40. The van der Waals surface area contributed by atoms with E-state index in [2.05, 4.69) is 35.2 Å². The highest BCUT2D eigenvalue weighted by Crippen LogP contribution is 2.32. The van der Waals surface area contributed by atoms with Crippen molar-refractivity contribution in [3.8, 4) is 0 Å². The maximum absolute atomic E-state index is 6.15. The average Bonchev–Trinajstić information content (AvgIpc) is 3.10. The second kappa shape index (κ2) is 6.84. The van der Waals surface area contributed by atoms with Crippen LogP contribution >= 0.6 is 0 Å². The summed E-state index contributed by atoms with van der Waals surface area (Å²) in [6, 6.07) is 12.2. The first-order valence-corrected chi connectivity index (χ1v) is 9.05. The summed E-state index contributed by atoms with van der Waals surface area (Å²) in [5.41, 5.74) is 10.1. The van der Waals surface area contributed by atoms with Crippen molar-refractivity contribution in [3.05, 3.63) is 71.7 Å². The van der Waals surface area contributed by atoms with E-state index in [9.17, 15) is 0 Å². The third-order valence-electron chi connectivity index (χ3n) is 4.88. The van der Waals surface area contributed by atoms with Gasteiger partial charge < -0.3 is 5.73 Å². The van der Waals surface area contributed by atoms with Gasteiger partial charge >= 0.3 is 0 Å². The van der Waals surface area contributed by atoms with Crippen LogP contribution in [-0.4, -0.2) is 22.2 Å². The molecule has 0 saturated carbocycles. The Morgan fingerprint density at radius 2 is 2.00 bits per heavy atom. The van der Waals surface area contributed by atoms with Gasteiger partial charge in [-0.2, -0.15) is 5.10 Å². The van der Waals surface area contributed by atoms with Gasteiger partial charge in [0.25, 0.3) is 0 Å². The molecule has 2 aliphatic rings. The molecular formula is C21H23N5. The van der Waals surface area contributed by atoms with Gasteiger partial charge in [0.15, 0.2) is 0 Å². The van der Waals surface area contributed by atoms with E-state index in [0.29, 0.717) is 0 Å². The molecule has 5 nitrogen and oxygen atoms in total. The Morgan fingerprint density at radius 1 is 1.15 bits per heavy atom. The molecule has 5 heteroatoms. The minimum Gasteiger partial charge on any atom is -0.323 e. The van der Waals surface area contributed by atoms with E-state index in [1.807, 2.05) is 54.5 Å². The van der Waals surface area contributed by atoms with Crippen molar-refractivity contribution in [2.75, 3.05) is 5.01 Å². The fourth-order valence-corrected chi connectivity index (χ4v) is 3.34. The van der Waals surface area contributed by atoms with Crippen LogP contribution in [0.15, 0.2) is 59.7 Å². The van der Waals surface area contributed by atoms with E-state index >= 15 is 0 Å². The highest BCUT2D eigenvalue weighted by molar-refractivity contribution is 5.81. The van der Waals surface area contributed by atoms with Gasteiger partial charge in [-0.05, 0) is 49.3 Å². The zero-order chi connectivity index (χ0) is 18.1. The fourth-order valence-electron chi connectivity index (χ4n) is 3.34. The molecule has 0 radical (unpaired) electrons. The van der Waals surface area contributed by atoms with Crippen molar-refractivity contribution in [3.63, 3.8) is 0 Å². The summed E-state index contributed by atoms with van der Waals surface area (Å²) in [5.74, 6) is 1.12. The Balaban J connectivity index is 1.66. The van der Waals surface area contributed by atoms with E-state index in [-0.39, 0.29) is 18.0 Å². The molecule has 26 heavy (non-hydrogen) atoms. The van der Waals surface area contributed by atoms with E-state index in [0.717, 1.165) is 34.9 Å². The van der Waals surface area contributed by atoms with Crippen molar-refractivity contribution >= 4 is 17.6 Å². The summed E-state index contributed by atoms with van der Waals surface area (Å²) in [6.45, 7) is 4.07. The lowest BCUT2D eigenvalue weighted by Gasteiger charge is -2.26. The number of hydrogen-bond donors (Lipinski definition) is 1. The number of anilines is 1. The van der Waals surface area contributed by atoms with E-state index in [1.165, 1.54) is 0 Å². The molecule has 3 atom stereocenters. The molecule has 0 amide bonds. The maximum atomic E-state index is 6.15. The van der Waals surface area contributed by atoms with Gasteiger partial charge in [-0.25, -0.2) is 9.99 Å². The molecule has 2 N–H and O–H groups in total. The van der Waals surface area contributed by atoms with Crippen LogP contribution in [0.25, 0.3) is 5.57 Å². The standard InChI is InChI=1S/C21H23N5/c1-3-17(22)19-8-5-7-18(25-19)15-10-11-16-13-23-26(20(16)12-15)21-9-4-6-14(2)24-21/h4-13,16-17,20H,3,22H2,1-2H3. The molecule has 2 aromatic rings. The summed E-state index contributed by atoms with van der Waals surface area (Å²) in [5, 5.41) is 6.58. The van der Waals surface area contributed by atoms with Gasteiger partial charge in [0.05, 0.1) is 17.4 Å². The number of rotatable bonds is 4. The number of allylic oxidation sites excluding steroid dienone is 2. The van der Waals surface area contributed by atoms with E-state index in [1.54, 1.807) is 0 Å². The van der Waals surface area contributed by atoms with Crippen LogP contribution in [0, 0.1) is 12.8 Å². The van der Waals surface area contributed by atoms with Crippen molar-refractivity contribution < 1.29 is 0 Å². The number of nitrogens with zero attached hydrogens (tertiary/aromatic N) is 4. The molecule has 1 aliphatic carbocycles. The molecule has 2 aromatic heterocycles. The summed E-state index contributed by atoms with van der Waals surface area (Å²) < 4.78 is 0. The van der Waals surface area contributed by atoms with Crippen LogP contribution in [0.4, 0.5) is 5.82 Å². The van der Waals surface area contributed by atoms with Gasteiger partial charge in [0, 0.05) is 23.9 Å². The molecule has 0 bridgehead atoms. The quantitative estimate of drug-likeness (QED) is 0.919. The lowest BCUT2D eigenvalue weighted by molar-refractivity contribution is 0.673. The number of hydrazone groups is 1. The van der Waals surface area contributed by atoms with Gasteiger partial charge in [0.2, 0.25) is 0 Å². The lowest BCUT2D eigenvalue weighted by atomic mass is 9.91. The van der Waals surface area contributed by atoms with Crippen LogP contribution in [0.3, 0.4) is 0 Å². The second-order valence-electron chi connectivity index (χ2n) is 6.76. The molecule has 132 valence electrons. The fraction of sp³-hybridized carbons (Fsp3) is 0.286. The number of nitrogens with two attached hydrogens (primary N) is 1. The molecule has 0 aromatic carbocycles. The summed E-state index contributed by atoms with van der Waals surface area (Å²) in [7, 11) is 0. The molecule has 3 heterocycles. The van der Waals surface area contributed by atoms with Crippen molar-refractivity contribution in [2.45, 2.75) is 32.4 Å². The molecule has 0 fully saturated rings. The number of pyridine rings is 2. The number of aromatic nitrogens is 2. The van der Waals surface area contributed by atoms with Gasteiger partial charge in [-0.15, -0.1) is 0 Å². The van der Waals surface area contributed by atoms with Crippen LogP contribution in [0.2, 0.25) is 0 Å². The van der Waals surface area contributed by atoms with Crippen LogP contribution < -0.4 is 10.7 Å². The zero-order valence-corrected chi connectivity index (χ0v) is 15.1. The molecule has 0 saturated heterocycles. The van der Waals surface area contributed by atoms with Crippen LogP contribution in [0.5, 0.6) is 0 Å². The molecule has 1 aliphatic heterocycles. The topological polar surface area (TPSA) is 67.4 Å². The highest BCUT2D eigenvalue weighted by atomic mass is 15.5. The predicted octanol–water partition coefficient (Wildman–Crippen LogP) is 3.64. The molecular weight excluding hydrogens is 322 g/mol. The predicted molar refractivity (Wildman–Crippen MR) is 106 cm³/mol. The normalized spacial score (nSPS) is 22.3. The van der Waals surface area contributed by atoms with E-state index < -0.39 is 0 Å². The smallest absolute Gasteiger partial charge is 0.149 e. The SMILES string of the molecule is CCC(N)c1cccc(C2=CC3C(C=C2)C=NN3c2cccc(C)n2)n1. The average molecular weight is 345 g/mol. The van der Waals surface area contributed by atoms with E-state index in [4.69, 9.17) is 10.7 Å². The van der Waals surface area contributed by atoms with Crippen molar-refractivity contribution in [1.82, 2.24) is 9.97 Å². The summed E-state index contributed by atoms with van der Waals surface area (Å²) in [4.78, 5) is 9.39. The van der Waals surface area contributed by atoms with Crippen LogP contribution in [-0.2, 0) is 0 Å². The first-order chi connectivity index (χ1) is 12.7. The molecule has 0 spiro atoms. The maximum Gasteiger partial charge on any atom is 0.149 e. The second-order valence-corrected chi connectivity index (χ2v) is 6.76. The highest BCUT2D eigenvalue weighted by Gasteiger charge is 2.32. The number of aryl methyl sites for hydroxylation is 1. The third-order valence-corrected chi connectivity index (χ3v) is 4.88. The summed E-state index contributed by atoms with van der Waals surface area (Å²) >= 11 is 0. The third kappa shape index (κ3) is 3.06. The van der Waals surface area contributed by atoms with Gasteiger partial charge in [-0.3, -0.25) is 4.98 Å². The largest absolute Gasteiger partial charge is 0.323 e. The van der Waals surface area contributed by atoms with Crippen molar-refractivity contribution in [2.24, 2.45) is 16.8 Å². The molecule has 4 rings (SSSR count). The Labute approximate surface area is 154 Å².